The predicted octanol–water partition coefficient (Wildman–Crippen LogP) is 5.42. The fraction of sp³-hybridized carbons (Fsp3) is 0.174. The van der Waals surface area contributed by atoms with Crippen LogP contribution in [0.3, 0.4) is 0 Å². The molecule has 4 nitrogen and oxygen atoms in total. The van der Waals surface area contributed by atoms with E-state index in [4.69, 9.17) is 17.0 Å². The fourth-order valence-corrected chi connectivity index (χ4v) is 3.16. The van der Waals surface area contributed by atoms with Gasteiger partial charge < -0.3 is 20.1 Å². The summed E-state index contributed by atoms with van der Waals surface area (Å²) in [6.07, 6.45) is 0. The van der Waals surface area contributed by atoms with Crippen molar-refractivity contribution < 1.29 is 9.84 Å². The van der Waals surface area contributed by atoms with E-state index < -0.39 is 0 Å². The Morgan fingerprint density at radius 3 is 2.36 bits per heavy atom. The number of hydrogen-bond acceptors (Lipinski definition) is 3. The lowest BCUT2D eigenvalue weighted by Gasteiger charge is -2.27. The van der Waals surface area contributed by atoms with E-state index in [2.05, 4.69) is 31.3 Å². The number of ether oxygens (including phenoxy) is 1. The molecule has 0 saturated carbocycles. The number of thiocarbonyl (C=S) groups is 1. The van der Waals surface area contributed by atoms with Gasteiger partial charge in [0, 0.05) is 16.9 Å². The molecule has 0 aliphatic carbocycles. The summed E-state index contributed by atoms with van der Waals surface area (Å²) in [5.41, 5.74) is 5.07. The Morgan fingerprint density at radius 2 is 1.71 bits per heavy atom. The van der Waals surface area contributed by atoms with Crippen molar-refractivity contribution in [3.63, 3.8) is 0 Å². The number of hydrogen-bond donors (Lipinski definition) is 2. The molecule has 0 atom stereocenters. The quantitative estimate of drug-likeness (QED) is 0.568. The van der Waals surface area contributed by atoms with E-state index in [0.29, 0.717) is 11.7 Å². The third-order valence-electron chi connectivity index (χ3n) is 4.71. The second kappa shape index (κ2) is 8.76. The smallest absolute Gasteiger partial charge is 0.178 e. The van der Waals surface area contributed by atoms with Crippen molar-refractivity contribution in [1.82, 2.24) is 0 Å². The largest absolute Gasteiger partial charge is 0.508 e. The molecule has 0 spiro atoms. The predicted molar refractivity (Wildman–Crippen MR) is 119 cm³/mol. The highest BCUT2D eigenvalue weighted by molar-refractivity contribution is 7.80. The monoisotopic (exact) mass is 392 g/mol. The zero-order chi connectivity index (χ0) is 20.1. The number of para-hydroxylation sites is 1. The highest BCUT2D eigenvalue weighted by Crippen LogP contribution is 2.26. The van der Waals surface area contributed by atoms with Crippen LogP contribution in [-0.2, 0) is 6.54 Å². The van der Waals surface area contributed by atoms with Gasteiger partial charge in [-0.15, -0.1) is 0 Å². The van der Waals surface area contributed by atoms with Crippen LogP contribution in [0.25, 0.3) is 0 Å². The molecule has 0 aliphatic heterocycles. The Balaban J connectivity index is 1.90. The summed E-state index contributed by atoms with van der Waals surface area (Å²) in [6.45, 7) is 4.60. The molecule has 3 rings (SSSR count). The zero-order valence-electron chi connectivity index (χ0n) is 16.3. The Labute approximate surface area is 171 Å². The molecular formula is C23H24N2O2S. The Bertz CT molecular complexity index is 971. The number of phenols is 1. The minimum atomic E-state index is 0.245. The molecule has 2 N–H and O–H groups in total. The van der Waals surface area contributed by atoms with Gasteiger partial charge in [0.25, 0.3) is 0 Å². The molecule has 0 saturated heterocycles. The van der Waals surface area contributed by atoms with Crippen LogP contribution in [0, 0.1) is 13.8 Å². The van der Waals surface area contributed by atoms with Crippen LogP contribution < -0.4 is 15.0 Å². The maximum Gasteiger partial charge on any atom is 0.178 e. The molecule has 0 heterocycles. The normalized spacial score (nSPS) is 10.4. The Kier molecular flexibility index (Phi) is 6.16. The number of aromatic hydroxyl groups is 1. The molecule has 3 aromatic rings. The number of aryl methyl sites for hydroxylation is 2. The molecule has 144 valence electrons. The van der Waals surface area contributed by atoms with Crippen LogP contribution in [0.4, 0.5) is 11.4 Å². The Morgan fingerprint density at radius 1 is 1.00 bits per heavy atom. The van der Waals surface area contributed by atoms with Gasteiger partial charge >= 0.3 is 0 Å². The van der Waals surface area contributed by atoms with Crippen LogP contribution >= 0.6 is 12.2 Å². The van der Waals surface area contributed by atoms with Gasteiger partial charge in [-0.05, 0) is 79.7 Å². The number of rotatable bonds is 5. The number of benzene rings is 3. The van der Waals surface area contributed by atoms with Gasteiger partial charge in [0.2, 0.25) is 0 Å². The van der Waals surface area contributed by atoms with E-state index in [0.717, 1.165) is 22.7 Å². The minimum absolute atomic E-state index is 0.245. The molecule has 0 fully saturated rings. The van der Waals surface area contributed by atoms with Crippen molar-refractivity contribution in [3.05, 3.63) is 83.4 Å². The van der Waals surface area contributed by atoms with E-state index in [-0.39, 0.29) is 5.75 Å². The van der Waals surface area contributed by atoms with Crippen molar-refractivity contribution in [2.75, 3.05) is 17.3 Å². The summed E-state index contributed by atoms with van der Waals surface area (Å²) in [4.78, 5) is 1.96. The van der Waals surface area contributed by atoms with Crippen LogP contribution in [0.1, 0.15) is 16.7 Å². The fourth-order valence-electron chi connectivity index (χ4n) is 2.87. The van der Waals surface area contributed by atoms with Crippen LogP contribution in [0.15, 0.2) is 66.7 Å². The minimum Gasteiger partial charge on any atom is -0.508 e. The molecule has 28 heavy (non-hydrogen) atoms. The second-order valence-corrected chi connectivity index (χ2v) is 7.03. The van der Waals surface area contributed by atoms with Crippen molar-refractivity contribution in [2.24, 2.45) is 0 Å². The molecule has 0 unspecified atom stereocenters. The van der Waals surface area contributed by atoms with E-state index in [9.17, 15) is 5.11 Å². The summed E-state index contributed by atoms with van der Waals surface area (Å²) in [7, 11) is 1.64. The van der Waals surface area contributed by atoms with Gasteiger partial charge in [0.1, 0.15) is 11.5 Å². The first-order chi connectivity index (χ1) is 13.5. The third kappa shape index (κ3) is 4.61. The Hall–Kier alpha value is -3.05. The van der Waals surface area contributed by atoms with Crippen LogP contribution in [-0.4, -0.2) is 17.3 Å². The molecule has 0 radical (unpaired) electrons. The van der Waals surface area contributed by atoms with Crippen molar-refractivity contribution in [1.29, 1.82) is 0 Å². The molecule has 0 bridgehead atoms. The number of anilines is 2. The summed E-state index contributed by atoms with van der Waals surface area (Å²) < 4.78 is 5.26. The maximum atomic E-state index is 10.2. The second-order valence-electron chi connectivity index (χ2n) is 6.64. The zero-order valence-corrected chi connectivity index (χ0v) is 17.1. The molecule has 0 aromatic heterocycles. The average molecular weight is 393 g/mol. The summed E-state index contributed by atoms with van der Waals surface area (Å²) >= 11 is 5.72. The topological polar surface area (TPSA) is 44.7 Å². The van der Waals surface area contributed by atoms with E-state index in [1.165, 1.54) is 11.1 Å². The van der Waals surface area contributed by atoms with Crippen molar-refractivity contribution >= 4 is 28.7 Å². The molecule has 5 heteroatoms. The van der Waals surface area contributed by atoms with Crippen molar-refractivity contribution in [2.45, 2.75) is 20.4 Å². The summed E-state index contributed by atoms with van der Waals surface area (Å²) in [6, 6.07) is 21.1. The number of methoxy groups -OCH3 is 1. The first kappa shape index (κ1) is 19.7. The third-order valence-corrected chi connectivity index (χ3v) is 5.03. The van der Waals surface area contributed by atoms with Gasteiger partial charge in [0.05, 0.1) is 13.7 Å². The standard InChI is InChI=1S/C23H24N2O2S/c1-16-8-9-19(14-17(16)2)24-23(28)25(15-18-6-4-5-7-22(18)26)20-10-12-21(27-3)13-11-20/h4-14,26H,15H2,1-3H3,(H,24,28). The SMILES string of the molecule is COc1ccc(N(Cc2ccccc2O)C(=S)Nc2ccc(C)c(C)c2)cc1. The molecule has 3 aromatic carbocycles. The lowest BCUT2D eigenvalue weighted by molar-refractivity contribution is 0.415. The van der Waals surface area contributed by atoms with E-state index >= 15 is 0 Å². The van der Waals surface area contributed by atoms with Gasteiger partial charge in [-0.25, -0.2) is 0 Å². The van der Waals surface area contributed by atoms with E-state index in [1.54, 1.807) is 13.2 Å². The van der Waals surface area contributed by atoms with Gasteiger partial charge in [0.15, 0.2) is 5.11 Å². The number of phenolic OH excluding ortho intramolecular Hbond substituents is 1. The molecule has 0 amide bonds. The van der Waals surface area contributed by atoms with Gasteiger partial charge in [-0.1, -0.05) is 24.3 Å². The van der Waals surface area contributed by atoms with Gasteiger partial charge in [-0.3, -0.25) is 0 Å². The van der Waals surface area contributed by atoms with Crippen molar-refractivity contribution in [3.8, 4) is 11.5 Å². The van der Waals surface area contributed by atoms with Gasteiger partial charge in [-0.2, -0.15) is 0 Å². The number of nitrogens with one attached hydrogen (secondary N) is 1. The van der Waals surface area contributed by atoms with Crippen LogP contribution in [0.5, 0.6) is 11.5 Å². The first-order valence-electron chi connectivity index (χ1n) is 9.04. The van der Waals surface area contributed by atoms with Crippen LogP contribution in [0.2, 0.25) is 0 Å². The lowest BCUT2D eigenvalue weighted by Crippen LogP contribution is -2.34. The first-order valence-corrected chi connectivity index (χ1v) is 9.45. The lowest BCUT2D eigenvalue weighted by atomic mass is 10.1. The summed E-state index contributed by atoms with van der Waals surface area (Å²) in [5, 5.41) is 14.1. The summed E-state index contributed by atoms with van der Waals surface area (Å²) in [5.74, 6) is 1.02. The maximum absolute atomic E-state index is 10.2. The molecule has 0 aliphatic rings. The molecular weight excluding hydrogens is 368 g/mol. The van der Waals surface area contributed by atoms with E-state index in [1.807, 2.05) is 53.4 Å². The highest BCUT2D eigenvalue weighted by atomic mass is 32.1. The average Bonchev–Trinajstić information content (AvgIpc) is 2.70. The number of nitrogens with zero attached hydrogens (tertiary/aromatic N) is 1. The highest BCUT2D eigenvalue weighted by Gasteiger charge is 2.15.